The molecule has 0 aliphatic rings. The van der Waals surface area contributed by atoms with Gasteiger partial charge in [-0.05, 0) is 18.4 Å². The average molecular weight is 214 g/mol. The minimum atomic E-state index is -0.196. The number of carbonyl (C=O) groups is 1. The topological polar surface area (TPSA) is 35.5 Å². The van der Waals surface area contributed by atoms with E-state index in [0.717, 1.165) is 0 Å². The number of esters is 1. The van der Waals surface area contributed by atoms with Crippen LogP contribution in [-0.4, -0.2) is 19.2 Å². The maximum atomic E-state index is 10.9. The summed E-state index contributed by atoms with van der Waals surface area (Å²) in [5, 5.41) is 2.00. The lowest BCUT2D eigenvalue weighted by Gasteiger charge is -2.02. The van der Waals surface area contributed by atoms with Crippen molar-refractivity contribution in [1.29, 1.82) is 0 Å². The number of hydrogen-bond acceptors (Lipinski definition) is 4. The minimum absolute atomic E-state index is 0.196. The van der Waals surface area contributed by atoms with Gasteiger partial charge in [-0.1, -0.05) is 6.07 Å². The fraction of sp³-hybridized carbons (Fsp3) is 0.500. The van der Waals surface area contributed by atoms with E-state index >= 15 is 0 Å². The second-order valence-electron chi connectivity index (χ2n) is 2.69. The van der Waals surface area contributed by atoms with Crippen molar-refractivity contribution in [3.05, 3.63) is 22.4 Å². The lowest BCUT2D eigenvalue weighted by molar-refractivity contribution is -0.144. The third-order valence-corrected chi connectivity index (χ3v) is 2.43. The molecule has 14 heavy (non-hydrogen) atoms. The normalized spacial score (nSPS) is 10.1. The molecule has 0 spiro atoms. The molecule has 0 bridgehead atoms. The van der Waals surface area contributed by atoms with Crippen molar-refractivity contribution in [3.63, 3.8) is 0 Å². The molecule has 3 nitrogen and oxygen atoms in total. The first-order chi connectivity index (χ1) is 6.83. The fourth-order valence-electron chi connectivity index (χ4n) is 0.956. The lowest BCUT2D eigenvalue weighted by Crippen LogP contribution is -2.07. The highest BCUT2D eigenvalue weighted by Crippen LogP contribution is 2.09. The summed E-state index contributed by atoms with van der Waals surface area (Å²) in [6, 6.07) is 3.99. The molecule has 1 aromatic heterocycles. The van der Waals surface area contributed by atoms with E-state index in [4.69, 9.17) is 9.47 Å². The molecule has 4 heteroatoms. The Morgan fingerprint density at radius 2 is 2.43 bits per heavy atom. The first-order valence-electron chi connectivity index (χ1n) is 4.58. The Kier molecular flexibility index (Phi) is 5.25. The van der Waals surface area contributed by atoms with Gasteiger partial charge in [-0.3, -0.25) is 4.79 Å². The summed E-state index contributed by atoms with van der Waals surface area (Å²) in [5.41, 5.74) is 0. The van der Waals surface area contributed by atoms with Crippen LogP contribution in [0.25, 0.3) is 0 Å². The van der Waals surface area contributed by atoms with Crippen LogP contribution in [-0.2, 0) is 20.9 Å². The van der Waals surface area contributed by atoms with Gasteiger partial charge in [-0.15, -0.1) is 11.3 Å². The highest BCUT2D eigenvalue weighted by Gasteiger charge is 2.01. The Labute approximate surface area is 87.7 Å². The average Bonchev–Trinajstić information content (AvgIpc) is 2.65. The monoisotopic (exact) mass is 214 g/mol. The predicted molar refractivity (Wildman–Crippen MR) is 55.2 cm³/mol. The molecule has 0 aromatic carbocycles. The molecule has 78 valence electrons. The van der Waals surface area contributed by atoms with Crippen molar-refractivity contribution in [2.75, 3.05) is 13.2 Å². The van der Waals surface area contributed by atoms with Crippen LogP contribution in [0.3, 0.4) is 0 Å². The van der Waals surface area contributed by atoms with Gasteiger partial charge in [0.2, 0.25) is 0 Å². The molecule has 0 aliphatic heterocycles. The van der Waals surface area contributed by atoms with Crippen LogP contribution in [0.5, 0.6) is 0 Å². The van der Waals surface area contributed by atoms with Gasteiger partial charge in [0.1, 0.15) is 0 Å². The summed E-state index contributed by atoms with van der Waals surface area (Å²) >= 11 is 1.65. The molecule has 1 aromatic rings. The van der Waals surface area contributed by atoms with Crippen LogP contribution >= 0.6 is 11.3 Å². The lowest BCUT2D eigenvalue weighted by atomic mass is 10.4. The molecular weight excluding hydrogens is 200 g/mol. The van der Waals surface area contributed by atoms with Crippen molar-refractivity contribution in [2.24, 2.45) is 0 Å². The Morgan fingerprint density at radius 1 is 1.57 bits per heavy atom. The maximum absolute atomic E-state index is 10.9. The Hall–Kier alpha value is -0.870. The third-order valence-electron chi connectivity index (χ3n) is 1.58. The van der Waals surface area contributed by atoms with Gasteiger partial charge in [0, 0.05) is 4.88 Å². The quantitative estimate of drug-likeness (QED) is 0.538. The van der Waals surface area contributed by atoms with E-state index in [1.165, 1.54) is 4.88 Å². The van der Waals surface area contributed by atoms with Crippen molar-refractivity contribution in [1.82, 2.24) is 0 Å². The number of ether oxygens (including phenoxy) is 2. The first kappa shape index (κ1) is 11.2. The predicted octanol–water partition coefficient (Wildman–Crippen LogP) is 2.22. The Balaban J connectivity index is 2.02. The van der Waals surface area contributed by atoms with Crippen LogP contribution in [0.2, 0.25) is 0 Å². The molecule has 0 unspecified atom stereocenters. The standard InChI is InChI=1S/C10H14O3S/c1-2-13-10(11)5-6-12-8-9-4-3-7-14-9/h3-4,7H,2,5-6,8H2,1H3. The van der Waals surface area contributed by atoms with E-state index in [2.05, 4.69) is 0 Å². The van der Waals surface area contributed by atoms with E-state index in [9.17, 15) is 4.79 Å². The van der Waals surface area contributed by atoms with Gasteiger partial charge in [-0.25, -0.2) is 0 Å². The Bertz CT molecular complexity index is 256. The summed E-state index contributed by atoms with van der Waals surface area (Å²) in [6.07, 6.45) is 0.333. The summed E-state index contributed by atoms with van der Waals surface area (Å²) in [6.45, 7) is 3.24. The zero-order valence-electron chi connectivity index (χ0n) is 8.19. The molecular formula is C10H14O3S. The van der Waals surface area contributed by atoms with E-state index in [1.807, 2.05) is 17.5 Å². The molecule has 0 saturated carbocycles. The number of thiophene rings is 1. The van der Waals surface area contributed by atoms with Crippen LogP contribution < -0.4 is 0 Å². The van der Waals surface area contributed by atoms with Gasteiger partial charge >= 0.3 is 5.97 Å². The highest BCUT2D eigenvalue weighted by molar-refractivity contribution is 7.09. The summed E-state index contributed by atoms with van der Waals surface area (Å²) in [4.78, 5) is 12.1. The van der Waals surface area contributed by atoms with Crippen molar-refractivity contribution < 1.29 is 14.3 Å². The van der Waals surface area contributed by atoms with E-state index in [-0.39, 0.29) is 5.97 Å². The number of rotatable bonds is 6. The largest absolute Gasteiger partial charge is 0.466 e. The van der Waals surface area contributed by atoms with Crippen molar-refractivity contribution in [3.8, 4) is 0 Å². The molecule has 1 heterocycles. The summed E-state index contributed by atoms with van der Waals surface area (Å²) in [5.74, 6) is -0.196. The van der Waals surface area contributed by atoms with E-state index < -0.39 is 0 Å². The van der Waals surface area contributed by atoms with Crippen molar-refractivity contribution >= 4 is 17.3 Å². The zero-order valence-corrected chi connectivity index (χ0v) is 9.01. The van der Waals surface area contributed by atoms with Gasteiger partial charge in [-0.2, -0.15) is 0 Å². The van der Waals surface area contributed by atoms with Crippen LogP contribution in [0.1, 0.15) is 18.2 Å². The van der Waals surface area contributed by atoms with E-state index in [0.29, 0.717) is 26.2 Å². The third kappa shape index (κ3) is 4.39. The molecule has 0 N–H and O–H groups in total. The number of hydrogen-bond donors (Lipinski definition) is 0. The Morgan fingerprint density at radius 3 is 3.07 bits per heavy atom. The molecule has 1 rings (SSSR count). The van der Waals surface area contributed by atoms with Gasteiger partial charge in [0.05, 0.1) is 26.2 Å². The fourth-order valence-corrected chi connectivity index (χ4v) is 1.60. The summed E-state index contributed by atoms with van der Waals surface area (Å²) < 4.78 is 10.1. The molecule has 0 radical (unpaired) electrons. The second-order valence-corrected chi connectivity index (χ2v) is 3.72. The summed E-state index contributed by atoms with van der Waals surface area (Å²) in [7, 11) is 0. The van der Waals surface area contributed by atoms with Crippen LogP contribution in [0.15, 0.2) is 17.5 Å². The van der Waals surface area contributed by atoms with Gasteiger partial charge < -0.3 is 9.47 Å². The first-order valence-corrected chi connectivity index (χ1v) is 5.46. The van der Waals surface area contributed by atoms with Crippen LogP contribution in [0, 0.1) is 0 Å². The van der Waals surface area contributed by atoms with Crippen LogP contribution in [0.4, 0.5) is 0 Å². The van der Waals surface area contributed by atoms with Gasteiger partial charge in [0.25, 0.3) is 0 Å². The van der Waals surface area contributed by atoms with Gasteiger partial charge in [0.15, 0.2) is 0 Å². The maximum Gasteiger partial charge on any atom is 0.308 e. The van der Waals surface area contributed by atoms with E-state index in [1.54, 1.807) is 18.3 Å². The zero-order chi connectivity index (χ0) is 10.2. The van der Waals surface area contributed by atoms with Crippen molar-refractivity contribution in [2.45, 2.75) is 20.0 Å². The molecule has 0 atom stereocenters. The minimum Gasteiger partial charge on any atom is -0.466 e. The number of carbonyl (C=O) groups excluding carboxylic acids is 1. The molecule has 0 aliphatic carbocycles. The molecule has 0 fully saturated rings. The SMILES string of the molecule is CCOC(=O)CCOCc1cccs1. The smallest absolute Gasteiger partial charge is 0.308 e. The molecule has 0 amide bonds. The molecule has 0 saturated heterocycles. The second kappa shape index (κ2) is 6.56. The highest BCUT2D eigenvalue weighted by atomic mass is 32.1.